The molecule has 39 heavy (non-hydrogen) atoms. The molecular weight excluding hydrogens is 516 g/mol. The predicted octanol–water partition coefficient (Wildman–Crippen LogP) is 5.19. The summed E-state index contributed by atoms with van der Waals surface area (Å²) < 4.78 is 45.0. The Morgan fingerprint density at radius 1 is 0.897 bits per heavy atom. The van der Waals surface area contributed by atoms with Gasteiger partial charge in [-0.3, -0.25) is 9.10 Å². The summed E-state index contributed by atoms with van der Waals surface area (Å²) in [5, 5.41) is 5.06. The van der Waals surface area contributed by atoms with Gasteiger partial charge in [0.1, 0.15) is 12.3 Å². The molecule has 0 heterocycles. The first-order chi connectivity index (χ1) is 18.8. The topological polar surface area (TPSA) is 94.2 Å². The molecule has 0 aromatic heterocycles. The summed E-state index contributed by atoms with van der Waals surface area (Å²) in [6.45, 7) is 1.91. The number of nitrogens with one attached hydrogen (secondary N) is 1. The fourth-order valence-electron chi connectivity index (χ4n) is 4.97. The maximum Gasteiger partial charge on any atom is 0.264 e. The number of carbonyl (C=O) groups is 1. The van der Waals surface area contributed by atoms with E-state index in [1.165, 1.54) is 43.5 Å². The van der Waals surface area contributed by atoms with Crippen molar-refractivity contribution < 1.29 is 27.4 Å². The van der Waals surface area contributed by atoms with Gasteiger partial charge in [0.05, 0.1) is 31.4 Å². The number of hydrogen-bond donors (Lipinski definition) is 1. The first kappa shape index (κ1) is 26.4. The van der Waals surface area contributed by atoms with Crippen molar-refractivity contribution >= 4 is 38.1 Å². The lowest BCUT2D eigenvalue weighted by molar-refractivity contribution is -0.114. The van der Waals surface area contributed by atoms with Gasteiger partial charge in [-0.2, -0.15) is 0 Å². The monoisotopic (exact) mass is 546 g/mol. The highest BCUT2D eigenvalue weighted by Gasteiger charge is 2.29. The van der Waals surface area contributed by atoms with Gasteiger partial charge in [0, 0.05) is 17.1 Å². The van der Waals surface area contributed by atoms with Crippen LogP contribution in [0.25, 0.3) is 10.8 Å². The summed E-state index contributed by atoms with van der Waals surface area (Å²) in [6.07, 6.45) is 1.94. The van der Waals surface area contributed by atoms with Gasteiger partial charge in [-0.1, -0.05) is 24.3 Å². The van der Waals surface area contributed by atoms with Gasteiger partial charge in [0.2, 0.25) is 5.91 Å². The zero-order valence-corrected chi connectivity index (χ0v) is 22.9. The molecule has 0 fully saturated rings. The van der Waals surface area contributed by atoms with Crippen molar-refractivity contribution in [1.82, 2.24) is 0 Å². The van der Waals surface area contributed by atoms with E-state index in [2.05, 4.69) is 11.4 Å². The van der Waals surface area contributed by atoms with Gasteiger partial charge in [-0.15, -0.1) is 0 Å². The number of aryl methyl sites for hydroxylation is 2. The molecule has 0 unspecified atom stereocenters. The minimum atomic E-state index is -4.17. The Morgan fingerprint density at radius 3 is 2.31 bits per heavy atom. The molecular formula is C30H30N2O6S. The zero-order valence-electron chi connectivity index (χ0n) is 22.1. The summed E-state index contributed by atoms with van der Waals surface area (Å²) in [7, 11) is -1.26. The molecule has 4 aromatic carbocycles. The van der Waals surface area contributed by atoms with Crippen LogP contribution in [0.15, 0.2) is 77.7 Å². The zero-order chi connectivity index (χ0) is 27.6. The SMILES string of the molecule is CCOc1ccc(N(CC(=O)Nc2ccc3c4c(cccc24)CC3)S(=O)(=O)c2ccc(OC)c(OC)c2)cc1. The Bertz CT molecular complexity index is 1620. The van der Waals surface area contributed by atoms with Crippen LogP contribution >= 0.6 is 0 Å². The van der Waals surface area contributed by atoms with Gasteiger partial charge in [0.25, 0.3) is 10.0 Å². The van der Waals surface area contributed by atoms with Crippen molar-refractivity contribution in [3.8, 4) is 17.2 Å². The Hall–Kier alpha value is -4.24. The second-order valence-corrected chi connectivity index (χ2v) is 11.0. The Morgan fingerprint density at radius 2 is 1.62 bits per heavy atom. The number of nitrogens with zero attached hydrogens (tertiary/aromatic N) is 1. The average molecular weight is 547 g/mol. The molecule has 1 aliphatic rings. The molecule has 0 spiro atoms. The number of rotatable bonds is 10. The molecule has 0 radical (unpaired) electrons. The minimum Gasteiger partial charge on any atom is -0.494 e. The summed E-state index contributed by atoms with van der Waals surface area (Å²) in [5.74, 6) is 0.796. The first-order valence-corrected chi connectivity index (χ1v) is 14.1. The highest BCUT2D eigenvalue weighted by Crippen LogP contribution is 2.36. The van der Waals surface area contributed by atoms with E-state index < -0.39 is 22.5 Å². The van der Waals surface area contributed by atoms with Crippen LogP contribution in [-0.4, -0.2) is 41.7 Å². The van der Waals surface area contributed by atoms with Crippen molar-refractivity contribution in [3.63, 3.8) is 0 Å². The number of methoxy groups -OCH3 is 2. The van der Waals surface area contributed by atoms with Crippen LogP contribution in [0.5, 0.6) is 17.2 Å². The van der Waals surface area contributed by atoms with Crippen LogP contribution < -0.4 is 23.8 Å². The number of anilines is 2. The number of ether oxygens (including phenoxy) is 3. The van der Waals surface area contributed by atoms with Gasteiger partial charge in [0.15, 0.2) is 11.5 Å². The van der Waals surface area contributed by atoms with Gasteiger partial charge < -0.3 is 19.5 Å². The van der Waals surface area contributed by atoms with Crippen LogP contribution in [0.4, 0.5) is 11.4 Å². The molecule has 0 saturated heterocycles. The highest BCUT2D eigenvalue weighted by molar-refractivity contribution is 7.92. The Kier molecular flexibility index (Phi) is 7.34. The van der Waals surface area contributed by atoms with Crippen LogP contribution in [-0.2, 0) is 27.7 Å². The number of sulfonamides is 1. The average Bonchev–Trinajstić information content (AvgIpc) is 3.38. The predicted molar refractivity (Wildman–Crippen MR) is 152 cm³/mol. The number of carbonyl (C=O) groups excluding carboxylic acids is 1. The van der Waals surface area contributed by atoms with E-state index in [1.807, 2.05) is 31.2 Å². The third-order valence-corrected chi connectivity index (χ3v) is 8.59. The lowest BCUT2D eigenvalue weighted by atomic mass is 10.0. The van der Waals surface area contributed by atoms with E-state index in [1.54, 1.807) is 24.3 Å². The summed E-state index contributed by atoms with van der Waals surface area (Å²) in [4.78, 5) is 13.4. The molecule has 0 atom stereocenters. The van der Waals surface area contributed by atoms with Crippen LogP contribution in [0, 0.1) is 0 Å². The van der Waals surface area contributed by atoms with Crippen molar-refractivity contribution in [2.24, 2.45) is 0 Å². The van der Waals surface area contributed by atoms with Crippen molar-refractivity contribution in [2.75, 3.05) is 37.0 Å². The van der Waals surface area contributed by atoms with Crippen LogP contribution in [0.3, 0.4) is 0 Å². The number of benzene rings is 4. The molecule has 9 heteroatoms. The molecule has 1 aliphatic carbocycles. The maximum absolute atomic E-state index is 13.9. The fourth-order valence-corrected chi connectivity index (χ4v) is 6.41. The quantitative estimate of drug-likeness (QED) is 0.294. The highest BCUT2D eigenvalue weighted by atomic mass is 32.2. The van der Waals surface area contributed by atoms with E-state index in [0.717, 1.165) is 27.9 Å². The Balaban J connectivity index is 1.50. The van der Waals surface area contributed by atoms with Gasteiger partial charge in [-0.05, 0) is 78.7 Å². The third-order valence-electron chi connectivity index (χ3n) is 6.82. The molecule has 0 saturated carbocycles. The van der Waals surface area contributed by atoms with Crippen LogP contribution in [0.1, 0.15) is 18.1 Å². The number of amides is 1. The molecule has 0 aliphatic heterocycles. The van der Waals surface area contributed by atoms with Gasteiger partial charge in [-0.25, -0.2) is 8.42 Å². The lowest BCUT2D eigenvalue weighted by Gasteiger charge is -2.25. The maximum atomic E-state index is 13.9. The minimum absolute atomic E-state index is 0.0350. The molecule has 5 rings (SSSR count). The van der Waals surface area contributed by atoms with E-state index in [4.69, 9.17) is 14.2 Å². The van der Waals surface area contributed by atoms with Crippen LogP contribution in [0.2, 0.25) is 0 Å². The molecule has 8 nitrogen and oxygen atoms in total. The fraction of sp³-hybridized carbons (Fsp3) is 0.233. The molecule has 0 bridgehead atoms. The Labute approximate surface area is 228 Å². The van der Waals surface area contributed by atoms with E-state index in [0.29, 0.717) is 29.5 Å². The second kappa shape index (κ2) is 10.9. The van der Waals surface area contributed by atoms with E-state index in [9.17, 15) is 13.2 Å². The summed E-state index contributed by atoms with van der Waals surface area (Å²) in [6, 6.07) is 20.9. The standard InChI is InChI=1S/C30H30N2O6S/c1-4-38-23-13-11-22(12-14-23)32(39(34,35)24-15-17-27(36-2)28(18-24)37-3)19-29(33)31-26-16-10-21-9-8-20-6-5-7-25(26)30(20)21/h5-7,10-18H,4,8-9,19H2,1-3H3,(H,31,33). The summed E-state index contributed by atoms with van der Waals surface area (Å²) in [5.41, 5.74) is 3.48. The van der Waals surface area contributed by atoms with E-state index >= 15 is 0 Å². The van der Waals surface area contributed by atoms with Crippen molar-refractivity contribution in [2.45, 2.75) is 24.7 Å². The molecule has 1 amide bonds. The number of hydrogen-bond acceptors (Lipinski definition) is 6. The molecule has 202 valence electrons. The third kappa shape index (κ3) is 5.09. The molecule has 1 N–H and O–H groups in total. The summed E-state index contributed by atoms with van der Waals surface area (Å²) >= 11 is 0. The van der Waals surface area contributed by atoms with Crippen molar-refractivity contribution in [3.05, 3.63) is 83.9 Å². The lowest BCUT2D eigenvalue weighted by Crippen LogP contribution is -2.38. The van der Waals surface area contributed by atoms with E-state index in [-0.39, 0.29) is 10.6 Å². The second-order valence-electron chi connectivity index (χ2n) is 9.12. The smallest absolute Gasteiger partial charge is 0.264 e. The normalized spacial score (nSPS) is 12.3. The largest absolute Gasteiger partial charge is 0.494 e. The van der Waals surface area contributed by atoms with Gasteiger partial charge >= 0.3 is 0 Å². The first-order valence-electron chi connectivity index (χ1n) is 12.7. The van der Waals surface area contributed by atoms with Crippen molar-refractivity contribution in [1.29, 1.82) is 0 Å². The molecule has 4 aromatic rings.